The van der Waals surface area contributed by atoms with Gasteiger partial charge in [0.2, 0.25) is 0 Å². The molecule has 150 valence electrons. The van der Waals surface area contributed by atoms with E-state index in [1.807, 2.05) is 30.3 Å². The number of amides is 2. The van der Waals surface area contributed by atoms with E-state index in [2.05, 4.69) is 17.7 Å². The van der Waals surface area contributed by atoms with Crippen LogP contribution in [0.2, 0.25) is 10.0 Å². The summed E-state index contributed by atoms with van der Waals surface area (Å²) in [5, 5.41) is 7.29. The summed E-state index contributed by atoms with van der Waals surface area (Å²) in [5.74, 6) is 0.713. The zero-order valence-electron chi connectivity index (χ0n) is 16.2. The lowest BCUT2D eigenvalue weighted by Crippen LogP contribution is -2.54. The highest BCUT2D eigenvalue weighted by Crippen LogP contribution is 2.25. The summed E-state index contributed by atoms with van der Waals surface area (Å²) in [6.07, 6.45) is 1.85. The largest absolute Gasteiger partial charge is 0.497 e. The Hall–Kier alpha value is -1.95. The highest BCUT2D eigenvalue weighted by Gasteiger charge is 2.31. The lowest BCUT2D eigenvalue weighted by atomic mass is 10.0. The second-order valence-corrected chi connectivity index (χ2v) is 8.48. The van der Waals surface area contributed by atoms with E-state index in [4.69, 9.17) is 27.9 Å². The number of nitrogens with zero attached hydrogens (tertiary/aromatic N) is 1. The van der Waals surface area contributed by atoms with Crippen molar-refractivity contribution < 1.29 is 14.0 Å². The molecule has 1 saturated heterocycles. The van der Waals surface area contributed by atoms with Crippen molar-refractivity contribution in [2.75, 3.05) is 32.6 Å². The predicted molar refractivity (Wildman–Crippen MR) is 114 cm³/mol. The van der Waals surface area contributed by atoms with Crippen LogP contribution in [-0.4, -0.2) is 43.8 Å². The van der Waals surface area contributed by atoms with Crippen LogP contribution in [0.3, 0.4) is 0 Å². The van der Waals surface area contributed by atoms with E-state index >= 15 is 0 Å². The van der Waals surface area contributed by atoms with E-state index in [-0.39, 0.29) is 12.1 Å². The number of carbonyl (C=O) groups excluding carboxylic acids is 1. The van der Waals surface area contributed by atoms with E-state index in [9.17, 15) is 4.79 Å². The van der Waals surface area contributed by atoms with Crippen LogP contribution >= 0.6 is 23.2 Å². The molecule has 1 aliphatic heterocycles. The molecule has 5 nitrogen and oxygen atoms in total. The lowest BCUT2D eigenvalue weighted by molar-refractivity contribution is -0.927. The molecule has 3 rings (SSSR count). The van der Waals surface area contributed by atoms with Crippen LogP contribution in [0.5, 0.6) is 5.75 Å². The van der Waals surface area contributed by atoms with Gasteiger partial charge in [-0.2, -0.15) is 0 Å². The molecule has 2 aromatic carbocycles. The van der Waals surface area contributed by atoms with Crippen LogP contribution in [-0.2, 0) is 6.54 Å². The Labute approximate surface area is 176 Å². The summed E-state index contributed by atoms with van der Waals surface area (Å²) in [6.45, 7) is 2.84. The average molecular weight is 423 g/mol. The van der Waals surface area contributed by atoms with Gasteiger partial charge in [0.05, 0.1) is 27.2 Å². The molecule has 0 saturated carbocycles. The number of ether oxygens (including phenoxy) is 1. The molecule has 1 heterocycles. The van der Waals surface area contributed by atoms with Crippen LogP contribution in [0, 0.1) is 0 Å². The minimum Gasteiger partial charge on any atom is -0.497 e. The monoisotopic (exact) mass is 422 g/mol. The van der Waals surface area contributed by atoms with Crippen molar-refractivity contribution in [2.45, 2.75) is 25.4 Å². The van der Waals surface area contributed by atoms with Crippen LogP contribution in [0.25, 0.3) is 0 Å². The number of nitrogens with one attached hydrogen (secondary N) is 2. The maximum atomic E-state index is 12.3. The molecular formula is C21H26Cl2N3O2+. The minimum atomic E-state index is -0.184. The van der Waals surface area contributed by atoms with Crippen LogP contribution < -0.4 is 15.4 Å². The number of methoxy groups -OCH3 is 1. The number of hydrogen-bond donors (Lipinski definition) is 2. The molecule has 28 heavy (non-hydrogen) atoms. The van der Waals surface area contributed by atoms with Crippen molar-refractivity contribution in [1.82, 2.24) is 5.32 Å². The Morgan fingerprint density at radius 1 is 1.14 bits per heavy atom. The first-order valence-corrected chi connectivity index (χ1v) is 10.1. The number of urea groups is 1. The fraction of sp³-hybridized carbons (Fsp3) is 0.381. The quantitative estimate of drug-likeness (QED) is 0.670. The molecule has 0 aliphatic carbocycles. The zero-order chi connectivity index (χ0) is 20.1. The summed E-state index contributed by atoms with van der Waals surface area (Å²) in [4.78, 5) is 12.3. The molecule has 0 aromatic heterocycles. The molecule has 2 aromatic rings. The van der Waals surface area contributed by atoms with Crippen molar-refractivity contribution in [3.05, 3.63) is 58.1 Å². The molecule has 2 amide bonds. The molecule has 0 spiro atoms. The summed E-state index contributed by atoms with van der Waals surface area (Å²) < 4.78 is 6.09. The number of hydrogen-bond acceptors (Lipinski definition) is 2. The van der Waals surface area contributed by atoms with E-state index < -0.39 is 0 Å². The average Bonchev–Trinajstić information content (AvgIpc) is 2.63. The molecule has 0 bridgehead atoms. The third-order valence-electron chi connectivity index (χ3n) is 5.18. The second-order valence-electron chi connectivity index (χ2n) is 7.61. The number of anilines is 1. The van der Waals surface area contributed by atoms with Gasteiger partial charge in [-0.05, 0) is 30.3 Å². The molecule has 1 fully saturated rings. The van der Waals surface area contributed by atoms with Gasteiger partial charge in [-0.15, -0.1) is 0 Å². The lowest BCUT2D eigenvalue weighted by Gasteiger charge is -2.40. The van der Waals surface area contributed by atoms with E-state index in [0.29, 0.717) is 21.5 Å². The zero-order valence-corrected chi connectivity index (χ0v) is 17.7. The Morgan fingerprint density at radius 3 is 2.46 bits per heavy atom. The normalized spacial score (nSPS) is 21.8. The second kappa shape index (κ2) is 9.03. The van der Waals surface area contributed by atoms with Crippen LogP contribution in [0.1, 0.15) is 18.4 Å². The maximum absolute atomic E-state index is 12.3. The number of quaternary nitrogens is 1. The first kappa shape index (κ1) is 20.8. The number of piperidine rings is 1. The summed E-state index contributed by atoms with van der Waals surface area (Å²) in [5.41, 5.74) is 1.85. The molecule has 0 radical (unpaired) electrons. The highest BCUT2D eigenvalue weighted by atomic mass is 35.5. The molecule has 0 atom stereocenters. The fourth-order valence-electron chi connectivity index (χ4n) is 3.69. The highest BCUT2D eigenvalue weighted by molar-refractivity contribution is 6.34. The third-order valence-corrected chi connectivity index (χ3v) is 5.62. The van der Waals surface area contributed by atoms with Crippen molar-refractivity contribution >= 4 is 34.9 Å². The van der Waals surface area contributed by atoms with Crippen molar-refractivity contribution in [2.24, 2.45) is 0 Å². The number of carbonyl (C=O) groups is 1. The Kier molecular flexibility index (Phi) is 6.70. The van der Waals surface area contributed by atoms with Gasteiger partial charge in [0.1, 0.15) is 12.3 Å². The van der Waals surface area contributed by atoms with Gasteiger partial charge in [0.15, 0.2) is 0 Å². The van der Waals surface area contributed by atoms with Gasteiger partial charge in [0.25, 0.3) is 0 Å². The smallest absolute Gasteiger partial charge is 0.319 e. The van der Waals surface area contributed by atoms with Gasteiger partial charge < -0.3 is 19.9 Å². The molecule has 2 N–H and O–H groups in total. The number of rotatable bonds is 5. The van der Waals surface area contributed by atoms with Crippen molar-refractivity contribution in [3.8, 4) is 5.75 Å². The van der Waals surface area contributed by atoms with Gasteiger partial charge in [0, 0.05) is 46.2 Å². The summed E-state index contributed by atoms with van der Waals surface area (Å²) in [6, 6.07) is 13.0. The van der Waals surface area contributed by atoms with Crippen LogP contribution in [0.4, 0.5) is 10.5 Å². The Balaban J connectivity index is 1.50. The van der Waals surface area contributed by atoms with Gasteiger partial charge >= 0.3 is 6.03 Å². The first-order valence-electron chi connectivity index (χ1n) is 9.35. The first-order chi connectivity index (χ1) is 13.3. The Morgan fingerprint density at radius 2 is 1.82 bits per heavy atom. The van der Waals surface area contributed by atoms with E-state index in [1.165, 1.54) is 0 Å². The van der Waals surface area contributed by atoms with Crippen molar-refractivity contribution in [1.29, 1.82) is 0 Å². The fourth-order valence-corrected chi connectivity index (χ4v) is 4.26. The summed E-state index contributed by atoms with van der Waals surface area (Å²) in [7, 11) is 3.84. The number of halogens is 2. The molecular weight excluding hydrogens is 397 g/mol. The topological polar surface area (TPSA) is 50.4 Å². The van der Waals surface area contributed by atoms with Gasteiger partial charge in [-0.1, -0.05) is 29.3 Å². The summed E-state index contributed by atoms with van der Waals surface area (Å²) >= 11 is 12.3. The standard InChI is InChI=1S/C21H25Cl2N3O2/c1-26(14-15-10-16(22)12-17(23)11-15)8-6-18(7-9-26)24-21(27)25-19-4-3-5-20(13-19)28-2/h3-5,10-13,18H,6-9,14H2,1-2H3,(H-,24,25,27)/p+1. The Bertz CT molecular complexity index is 816. The van der Waals surface area contributed by atoms with E-state index in [1.54, 1.807) is 19.2 Å². The third kappa shape index (κ3) is 5.77. The predicted octanol–water partition coefficient (Wildman–Crippen LogP) is 4.93. The SMILES string of the molecule is COc1cccc(NC(=O)NC2CC[N+](C)(Cc3cc(Cl)cc(Cl)c3)CC2)c1. The number of likely N-dealkylation sites (tertiary alicyclic amines) is 1. The number of benzene rings is 2. The van der Waals surface area contributed by atoms with Crippen molar-refractivity contribution in [3.63, 3.8) is 0 Å². The van der Waals surface area contributed by atoms with E-state index in [0.717, 1.165) is 42.5 Å². The van der Waals surface area contributed by atoms with Gasteiger partial charge in [-0.25, -0.2) is 4.79 Å². The molecule has 0 unspecified atom stereocenters. The minimum absolute atomic E-state index is 0.166. The van der Waals surface area contributed by atoms with Gasteiger partial charge in [-0.3, -0.25) is 0 Å². The molecule has 1 aliphatic rings. The van der Waals surface area contributed by atoms with Crippen LogP contribution in [0.15, 0.2) is 42.5 Å². The molecule has 7 heteroatoms. The maximum Gasteiger partial charge on any atom is 0.319 e.